The first-order valence-electron chi connectivity index (χ1n) is 6.01. The number of thioether (sulfide) groups is 1. The molecule has 20 heavy (non-hydrogen) atoms. The van der Waals surface area contributed by atoms with Gasteiger partial charge in [0.25, 0.3) is 0 Å². The second-order valence-electron chi connectivity index (χ2n) is 4.16. The minimum Gasteiger partial charge on any atom is -0.360 e. The third-order valence-corrected chi connectivity index (χ3v) is 4.49. The largest absolute Gasteiger partial charge is 0.360 e. The van der Waals surface area contributed by atoms with Crippen molar-refractivity contribution in [2.75, 3.05) is 11.1 Å². The van der Waals surface area contributed by atoms with Crippen LogP contribution < -0.4 is 5.32 Å². The van der Waals surface area contributed by atoms with Crippen molar-refractivity contribution in [1.82, 2.24) is 15.2 Å². The molecular weight excluding hydrogens is 292 g/mol. The van der Waals surface area contributed by atoms with Crippen LogP contribution in [0.25, 0.3) is 10.9 Å². The minimum atomic E-state index is -0.0727. The van der Waals surface area contributed by atoms with Gasteiger partial charge in [-0.2, -0.15) is 0 Å². The van der Waals surface area contributed by atoms with Crippen LogP contribution in [0.2, 0.25) is 0 Å². The number of para-hydroxylation sites is 1. The van der Waals surface area contributed by atoms with Crippen LogP contribution in [0.1, 0.15) is 5.01 Å². The van der Waals surface area contributed by atoms with Gasteiger partial charge >= 0.3 is 0 Å². The Morgan fingerprint density at radius 3 is 3.05 bits per heavy atom. The van der Waals surface area contributed by atoms with Crippen molar-refractivity contribution in [2.24, 2.45) is 0 Å². The van der Waals surface area contributed by atoms with Crippen molar-refractivity contribution < 1.29 is 4.79 Å². The van der Waals surface area contributed by atoms with E-state index in [0.29, 0.717) is 10.9 Å². The number of rotatable bonds is 4. The zero-order chi connectivity index (χ0) is 13.9. The fraction of sp³-hybridized carbons (Fsp3) is 0.154. The first kappa shape index (κ1) is 13.1. The molecule has 3 aromatic rings. The molecule has 7 heteroatoms. The highest BCUT2D eigenvalue weighted by molar-refractivity contribution is 8.00. The Kier molecular flexibility index (Phi) is 3.70. The van der Waals surface area contributed by atoms with Crippen molar-refractivity contribution >= 4 is 45.0 Å². The van der Waals surface area contributed by atoms with Gasteiger partial charge in [0.1, 0.15) is 5.01 Å². The molecule has 0 aliphatic rings. The van der Waals surface area contributed by atoms with E-state index in [9.17, 15) is 4.79 Å². The van der Waals surface area contributed by atoms with Gasteiger partial charge < -0.3 is 4.98 Å². The molecule has 2 heterocycles. The average molecular weight is 304 g/mol. The molecular formula is C13H12N4OS2. The van der Waals surface area contributed by atoms with Crippen LogP contribution in [0.5, 0.6) is 0 Å². The summed E-state index contributed by atoms with van der Waals surface area (Å²) in [5.41, 5.74) is 1.08. The second-order valence-corrected chi connectivity index (χ2v) is 6.36. The number of aryl methyl sites for hydroxylation is 1. The lowest BCUT2D eigenvalue weighted by molar-refractivity contribution is -0.113. The molecule has 0 fully saturated rings. The maximum atomic E-state index is 11.8. The summed E-state index contributed by atoms with van der Waals surface area (Å²) in [6, 6.07) is 8.03. The Labute approximate surface area is 123 Å². The van der Waals surface area contributed by atoms with Crippen LogP contribution >= 0.6 is 23.1 Å². The molecule has 0 aliphatic carbocycles. The zero-order valence-electron chi connectivity index (χ0n) is 10.7. The lowest BCUT2D eigenvalue weighted by Crippen LogP contribution is -2.13. The predicted octanol–water partition coefficient (Wildman–Crippen LogP) is 3.06. The zero-order valence-corrected chi connectivity index (χ0v) is 12.3. The maximum Gasteiger partial charge on any atom is 0.236 e. The van der Waals surface area contributed by atoms with E-state index in [-0.39, 0.29) is 5.91 Å². The van der Waals surface area contributed by atoms with Crippen molar-refractivity contribution in [3.05, 3.63) is 35.5 Å². The Morgan fingerprint density at radius 1 is 1.40 bits per heavy atom. The van der Waals surface area contributed by atoms with E-state index in [0.717, 1.165) is 20.8 Å². The SMILES string of the molecule is Cc1nnc(NC(=O)CSc2c[nH]c3ccccc23)s1. The smallest absolute Gasteiger partial charge is 0.236 e. The number of aromatic amines is 1. The van der Waals surface area contributed by atoms with Gasteiger partial charge in [0.2, 0.25) is 11.0 Å². The summed E-state index contributed by atoms with van der Waals surface area (Å²) in [5, 5.41) is 13.0. The molecule has 1 amide bonds. The summed E-state index contributed by atoms with van der Waals surface area (Å²) in [5.74, 6) is 0.275. The first-order valence-corrected chi connectivity index (χ1v) is 7.81. The number of H-pyrrole nitrogens is 1. The van der Waals surface area contributed by atoms with E-state index in [1.165, 1.54) is 23.1 Å². The number of aromatic nitrogens is 3. The molecule has 2 N–H and O–H groups in total. The van der Waals surface area contributed by atoms with Crippen LogP contribution in [-0.4, -0.2) is 26.8 Å². The van der Waals surface area contributed by atoms with Gasteiger partial charge in [-0.25, -0.2) is 0 Å². The molecule has 3 rings (SSSR count). The molecule has 2 aromatic heterocycles. The highest BCUT2D eigenvalue weighted by Crippen LogP contribution is 2.27. The molecule has 1 aromatic carbocycles. The molecule has 5 nitrogen and oxygen atoms in total. The number of hydrogen-bond donors (Lipinski definition) is 2. The van der Waals surface area contributed by atoms with Crippen LogP contribution in [0, 0.1) is 6.92 Å². The number of nitrogens with zero attached hydrogens (tertiary/aromatic N) is 2. The Hall–Kier alpha value is -1.86. The number of nitrogens with one attached hydrogen (secondary N) is 2. The number of benzene rings is 1. The van der Waals surface area contributed by atoms with Gasteiger partial charge in [-0.1, -0.05) is 29.5 Å². The molecule has 0 aliphatic heterocycles. The van der Waals surface area contributed by atoms with Gasteiger partial charge in [-0.3, -0.25) is 10.1 Å². The average Bonchev–Trinajstić information content (AvgIpc) is 3.03. The first-order chi connectivity index (χ1) is 9.72. The van der Waals surface area contributed by atoms with E-state index >= 15 is 0 Å². The summed E-state index contributed by atoms with van der Waals surface area (Å²) < 4.78 is 0. The van der Waals surface area contributed by atoms with E-state index in [1.54, 1.807) is 0 Å². The lowest BCUT2D eigenvalue weighted by atomic mass is 10.2. The Bertz CT molecular complexity index is 750. The van der Waals surface area contributed by atoms with Gasteiger partial charge in [-0.05, 0) is 13.0 Å². The fourth-order valence-electron chi connectivity index (χ4n) is 1.81. The van der Waals surface area contributed by atoms with Crippen molar-refractivity contribution in [3.63, 3.8) is 0 Å². The number of carbonyl (C=O) groups is 1. The second kappa shape index (κ2) is 5.64. The molecule has 0 saturated carbocycles. The molecule has 0 radical (unpaired) electrons. The number of fused-ring (bicyclic) bond motifs is 1. The summed E-state index contributed by atoms with van der Waals surface area (Å²) in [4.78, 5) is 16.1. The van der Waals surface area contributed by atoms with Gasteiger partial charge in [-0.15, -0.1) is 22.0 Å². The van der Waals surface area contributed by atoms with E-state index in [1.807, 2.05) is 37.4 Å². The third-order valence-electron chi connectivity index (χ3n) is 2.68. The van der Waals surface area contributed by atoms with Crippen LogP contribution in [-0.2, 0) is 4.79 Å². The highest BCUT2D eigenvalue weighted by atomic mass is 32.2. The van der Waals surface area contributed by atoms with Crippen molar-refractivity contribution in [3.8, 4) is 0 Å². The van der Waals surface area contributed by atoms with Crippen LogP contribution in [0.15, 0.2) is 35.4 Å². The summed E-state index contributed by atoms with van der Waals surface area (Å²) >= 11 is 2.88. The number of carbonyl (C=O) groups excluding carboxylic acids is 1. The summed E-state index contributed by atoms with van der Waals surface area (Å²) in [7, 11) is 0. The van der Waals surface area contributed by atoms with E-state index in [4.69, 9.17) is 0 Å². The van der Waals surface area contributed by atoms with E-state index < -0.39 is 0 Å². The van der Waals surface area contributed by atoms with Gasteiger partial charge in [0.15, 0.2) is 0 Å². The summed E-state index contributed by atoms with van der Waals surface area (Å²) in [6.07, 6.45) is 1.93. The van der Waals surface area contributed by atoms with Crippen molar-refractivity contribution in [2.45, 2.75) is 11.8 Å². The summed E-state index contributed by atoms with van der Waals surface area (Å²) in [6.45, 7) is 1.86. The minimum absolute atomic E-state index is 0.0727. The Balaban J connectivity index is 1.63. The maximum absolute atomic E-state index is 11.8. The number of anilines is 1. The van der Waals surface area contributed by atoms with Gasteiger partial charge in [0, 0.05) is 22.0 Å². The van der Waals surface area contributed by atoms with Gasteiger partial charge in [0.05, 0.1) is 5.75 Å². The molecule has 0 saturated heterocycles. The quantitative estimate of drug-likeness (QED) is 0.727. The number of hydrogen-bond acceptors (Lipinski definition) is 5. The third kappa shape index (κ3) is 2.83. The van der Waals surface area contributed by atoms with Crippen LogP contribution in [0.3, 0.4) is 0 Å². The highest BCUT2D eigenvalue weighted by Gasteiger charge is 2.09. The van der Waals surface area contributed by atoms with Crippen LogP contribution in [0.4, 0.5) is 5.13 Å². The Morgan fingerprint density at radius 2 is 2.25 bits per heavy atom. The van der Waals surface area contributed by atoms with Crippen molar-refractivity contribution in [1.29, 1.82) is 0 Å². The molecule has 0 spiro atoms. The van der Waals surface area contributed by atoms with E-state index in [2.05, 4.69) is 20.5 Å². The topological polar surface area (TPSA) is 70.7 Å². The molecule has 0 atom stereocenters. The molecule has 0 bridgehead atoms. The lowest BCUT2D eigenvalue weighted by Gasteiger charge is -2.00. The number of amides is 1. The molecule has 102 valence electrons. The fourth-order valence-corrected chi connectivity index (χ4v) is 3.25. The predicted molar refractivity (Wildman–Crippen MR) is 82.3 cm³/mol. The standard InChI is InChI=1S/C13H12N4OS2/c1-8-16-17-13(20-8)15-12(18)7-19-11-6-14-10-5-3-2-4-9(10)11/h2-6,14H,7H2,1H3,(H,15,17,18). The normalized spacial score (nSPS) is 10.8. The monoisotopic (exact) mass is 304 g/mol. The molecule has 0 unspecified atom stereocenters.